The molecule has 2 aromatic carbocycles. The molecular formula is C31H36F2N2O5. The van der Waals surface area contributed by atoms with E-state index in [1.165, 1.54) is 36.4 Å². The van der Waals surface area contributed by atoms with Crippen molar-refractivity contribution in [2.24, 2.45) is 0 Å². The summed E-state index contributed by atoms with van der Waals surface area (Å²) in [6, 6.07) is 9.31. The highest BCUT2D eigenvalue weighted by atomic mass is 19.1. The number of rotatable bonds is 6. The first kappa shape index (κ1) is 28.2. The Kier molecular flexibility index (Phi) is 7.97. The van der Waals surface area contributed by atoms with Crippen molar-refractivity contribution >= 4 is 22.9 Å². The predicted octanol–water partition coefficient (Wildman–Crippen LogP) is 5.83. The minimum atomic E-state index is -1.23. The molecule has 2 saturated heterocycles. The molecule has 2 aliphatic rings. The lowest BCUT2D eigenvalue weighted by Gasteiger charge is -2.43. The number of carbonyl (C=O) groups is 2. The molecule has 0 aliphatic carbocycles. The van der Waals surface area contributed by atoms with E-state index < -0.39 is 29.1 Å². The fourth-order valence-corrected chi connectivity index (χ4v) is 6.51. The van der Waals surface area contributed by atoms with Crippen molar-refractivity contribution in [3.05, 3.63) is 70.9 Å². The lowest BCUT2D eigenvalue weighted by Crippen LogP contribution is -2.54. The monoisotopic (exact) mass is 554 g/mol. The SMILES string of the molecule is CCO[C@H]1CC[C@H](Cc2c(C)n(C(=O)N3CC[C@@](C(=O)O)(c4ccc(F)cc4)C[C@@H]3C)c3cc(F)ccc23)OC1. The number of carboxylic acid groups (broad SMARTS) is 1. The highest BCUT2D eigenvalue weighted by molar-refractivity contribution is 5.96. The largest absolute Gasteiger partial charge is 0.481 e. The van der Waals surface area contributed by atoms with E-state index >= 15 is 0 Å². The third-order valence-corrected chi connectivity index (χ3v) is 8.66. The first-order chi connectivity index (χ1) is 19.1. The Balaban J connectivity index is 1.43. The van der Waals surface area contributed by atoms with E-state index in [1.54, 1.807) is 15.5 Å². The minimum Gasteiger partial charge on any atom is -0.481 e. The molecule has 2 aliphatic heterocycles. The number of piperidine rings is 1. The number of carbonyl (C=O) groups excluding carboxylic acids is 1. The molecule has 214 valence electrons. The van der Waals surface area contributed by atoms with Crippen LogP contribution in [0.15, 0.2) is 42.5 Å². The van der Waals surface area contributed by atoms with Gasteiger partial charge in [0, 0.05) is 36.7 Å². The lowest BCUT2D eigenvalue weighted by atomic mass is 9.70. The summed E-state index contributed by atoms with van der Waals surface area (Å²) in [7, 11) is 0. The van der Waals surface area contributed by atoms with Crippen molar-refractivity contribution < 1.29 is 33.0 Å². The predicted molar refractivity (Wildman–Crippen MR) is 147 cm³/mol. The fourth-order valence-electron chi connectivity index (χ4n) is 6.51. The second kappa shape index (κ2) is 11.3. The molecule has 4 atom stereocenters. The zero-order chi connectivity index (χ0) is 28.6. The van der Waals surface area contributed by atoms with Gasteiger partial charge in [0.1, 0.15) is 11.6 Å². The van der Waals surface area contributed by atoms with Crippen molar-refractivity contribution in [3.8, 4) is 0 Å². The third kappa shape index (κ3) is 5.12. The van der Waals surface area contributed by atoms with Crippen LogP contribution >= 0.6 is 0 Å². The Morgan fingerprint density at radius 3 is 2.48 bits per heavy atom. The van der Waals surface area contributed by atoms with Crippen molar-refractivity contribution in [1.82, 2.24) is 9.47 Å². The first-order valence-corrected chi connectivity index (χ1v) is 14.0. The molecule has 0 bridgehead atoms. The fraction of sp³-hybridized carbons (Fsp3) is 0.484. The van der Waals surface area contributed by atoms with Gasteiger partial charge in [-0.3, -0.25) is 9.36 Å². The van der Waals surface area contributed by atoms with Gasteiger partial charge in [-0.25, -0.2) is 13.6 Å². The number of fused-ring (bicyclic) bond motifs is 1. The number of aromatic nitrogens is 1. The van der Waals surface area contributed by atoms with Crippen LogP contribution in [0.25, 0.3) is 10.9 Å². The summed E-state index contributed by atoms with van der Waals surface area (Å²) in [5.41, 5.74) is 1.45. The van der Waals surface area contributed by atoms with Crippen LogP contribution in [0, 0.1) is 18.6 Å². The molecule has 40 heavy (non-hydrogen) atoms. The molecule has 3 heterocycles. The van der Waals surface area contributed by atoms with Crippen LogP contribution < -0.4 is 0 Å². The van der Waals surface area contributed by atoms with E-state index in [1.807, 2.05) is 20.8 Å². The molecule has 9 heteroatoms. The second-order valence-corrected chi connectivity index (χ2v) is 11.0. The van der Waals surface area contributed by atoms with Gasteiger partial charge >= 0.3 is 12.0 Å². The molecule has 0 unspecified atom stereocenters. The standard InChI is InChI=1S/C31H36F2N2O5/c1-4-39-25-11-10-24(40-18-25)16-27-20(3)35(28-15-23(33)9-12-26(27)28)30(38)34-14-13-31(29(36)37,17-19(34)2)21-5-7-22(32)8-6-21/h5-9,12,15,19,24-25H,4,10-11,13-14,16-18H2,1-3H3,(H,36,37)/t19-,24+,25-,31-/m0/s1. The molecule has 7 nitrogen and oxygen atoms in total. The Labute approximate surface area is 232 Å². The first-order valence-electron chi connectivity index (χ1n) is 14.0. The number of hydrogen-bond donors (Lipinski definition) is 1. The zero-order valence-corrected chi connectivity index (χ0v) is 23.2. The second-order valence-electron chi connectivity index (χ2n) is 11.0. The molecule has 3 aromatic rings. The van der Waals surface area contributed by atoms with E-state index in [0.29, 0.717) is 30.7 Å². The summed E-state index contributed by atoms with van der Waals surface area (Å²) >= 11 is 0. The zero-order valence-electron chi connectivity index (χ0n) is 23.2. The highest BCUT2D eigenvalue weighted by Crippen LogP contribution is 2.40. The van der Waals surface area contributed by atoms with Gasteiger partial charge in [-0.1, -0.05) is 12.1 Å². The number of nitrogens with zero attached hydrogens (tertiary/aromatic N) is 2. The van der Waals surface area contributed by atoms with Crippen molar-refractivity contribution in [2.45, 2.75) is 76.5 Å². The van der Waals surface area contributed by atoms with E-state index in [4.69, 9.17) is 9.47 Å². The van der Waals surface area contributed by atoms with Gasteiger partial charge in [-0.2, -0.15) is 0 Å². The molecular weight excluding hydrogens is 518 g/mol. The van der Waals surface area contributed by atoms with Crippen LogP contribution in [0.5, 0.6) is 0 Å². The van der Waals surface area contributed by atoms with Gasteiger partial charge in [0.25, 0.3) is 0 Å². The van der Waals surface area contributed by atoms with E-state index in [9.17, 15) is 23.5 Å². The number of aliphatic carboxylic acids is 1. The third-order valence-electron chi connectivity index (χ3n) is 8.66. The van der Waals surface area contributed by atoms with Crippen LogP contribution in [-0.4, -0.2) is 64.6 Å². The maximum absolute atomic E-state index is 14.5. The average molecular weight is 555 g/mol. The summed E-state index contributed by atoms with van der Waals surface area (Å²) in [4.78, 5) is 28.2. The molecule has 1 amide bonds. The van der Waals surface area contributed by atoms with Gasteiger partial charge in [-0.15, -0.1) is 0 Å². The van der Waals surface area contributed by atoms with Crippen LogP contribution in [0.2, 0.25) is 0 Å². The van der Waals surface area contributed by atoms with E-state index in [2.05, 4.69) is 0 Å². The van der Waals surface area contributed by atoms with Crippen LogP contribution in [0.1, 0.15) is 56.4 Å². The van der Waals surface area contributed by atoms with Crippen LogP contribution in [0.3, 0.4) is 0 Å². The molecule has 1 aromatic heterocycles. The van der Waals surface area contributed by atoms with Crippen molar-refractivity contribution in [2.75, 3.05) is 19.8 Å². The van der Waals surface area contributed by atoms with Gasteiger partial charge in [-0.05, 0) is 87.9 Å². The highest BCUT2D eigenvalue weighted by Gasteiger charge is 2.47. The van der Waals surface area contributed by atoms with Crippen LogP contribution in [-0.2, 0) is 26.1 Å². The summed E-state index contributed by atoms with van der Waals surface area (Å²) in [6.07, 6.45) is 2.74. The smallest absolute Gasteiger partial charge is 0.329 e. The van der Waals surface area contributed by atoms with Crippen molar-refractivity contribution in [1.29, 1.82) is 0 Å². The van der Waals surface area contributed by atoms with Crippen LogP contribution in [0.4, 0.5) is 13.6 Å². The van der Waals surface area contributed by atoms with Gasteiger partial charge in [0.05, 0.1) is 29.7 Å². The normalized spacial score (nSPS) is 25.3. The summed E-state index contributed by atoms with van der Waals surface area (Å²) in [6.45, 7) is 7.02. The number of amides is 1. The average Bonchev–Trinajstić information content (AvgIpc) is 3.19. The number of carboxylic acids is 1. The lowest BCUT2D eigenvalue weighted by molar-refractivity contribution is -0.146. The quantitative estimate of drug-likeness (QED) is 0.415. The number of hydrogen-bond acceptors (Lipinski definition) is 4. The number of halogens is 2. The Bertz CT molecular complexity index is 1400. The van der Waals surface area contributed by atoms with Gasteiger partial charge < -0.3 is 19.5 Å². The maximum atomic E-state index is 14.5. The molecule has 5 rings (SSSR count). The van der Waals surface area contributed by atoms with Gasteiger partial charge in [0.15, 0.2) is 0 Å². The Morgan fingerprint density at radius 2 is 1.85 bits per heavy atom. The number of ether oxygens (including phenoxy) is 2. The molecule has 0 saturated carbocycles. The maximum Gasteiger partial charge on any atom is 0.329 e. The summed E-state index contributed by atoms with van der Waals surface area (Å²) in [5.74, 6) is -1.87. The number of benzene rings is 2. The topological polar surface area (TPSA) is 81.0 Å². The molecule has 0 spiro atoms. The number of likely N-dealkylation sites (tertiary alicyclic amines) is 1. The van der Waals surface area contributed by atoms with Crippen molar-refractivity contribution in [3.63, 3.8) is 0 Å². The molecule has 1 N–H and O–H groups in total. The van der Waals surface area contributed by atoms with Gasteiger partial charge in [0.2, 0.25) is 0 Å². The Hall–Kier alpha value is -3.30. The molecule has 0 radical (unpaired) electrons. The minimum absolute atomic E-state index is 0.0320. The van der Waals surface area contributed by atoms with E-state index in [-0.39, 0.29) is 37.6 Å². The van der Waals surface area contributed by atoms with E-state index in [0.717, 1.165) is 29.5 Å². The summed E-state index contributed by atoms with van der Waals surface area (Å²) < 4.78 is 41.3. The molecule has 2 fully saturated rings. The Morgan fingerprint density at radius 1 is 1.12 bits per heavy atom. The summed E-state index contributed by atoms with van der Waals surface area (Å²) in [5, 5.41) is 11.0.